The first-order valence-electron chi connectivity index (χ1n) is 8.03. The summed E-state index contributed by atoms with van der Waals surface area (Å²) >= 11 is 0. The van der Waals surface area contributed by atoms with Crippen LogP contribution in [-0.2, 0) is 0 Å². The molecule has 0 spiro atoms. The maximum atomic E-state index is 2.54. The Morgan fingerprint density at radius 2 is 1.50 bits per heavy atom. The topological polar surface area (TPSA) is 0 Å². The molecule has 1 aliphatic rings. The average Bonchev–Trinajstić information content (AvgIpc) is 2.82. The molecule has 0 amide bonds. The van der Waals surface area contributed by atoms with E-state index >= 15 is 0 Å². The first kappa shape index (κ1) is 16.1. The van der Waals surface area contributed by atoms with Crippen LogP contribution in [-0.4, -0.2) is 0 Å². The molecule has 0 aromatic heterocycles. The van der Waals surface area contributed by atoms with Gasteiger partial charge in [-0.05, 0) is 46.8 Å². The molecule has 0 aromatic carbocycles. The standard InChI is InChI=1S/C18H36/c1-10-11-16(6,7)14(4)15(5)18(9)12-17(18,8)13(2)3/h13-15H,10-12H2,1-9H3. The van der Waals surface area contributed by atoms with Gasteiger partial charge in [-0.2, -0.15) is 0 Å². The van der Waals surface area contributed by atoms with Gasteiger partial charge in [-0.3, -0.25) is 0 Å². The SMILES string of the molecule is CCCC(C)(C)C(C)C(C)C1(C)CC1(C)C(C)C. The van der Waals surface area contributed by atoms with E-state index in [0.29, 0.717) is 16.2 Å². The lowest BCUT2D eigenvalue weighted by atomic mass is 9.64. The van der Waals surface area contributed by atoms with Crippen LogP contribution in [0.25, 0.3) is 0 Å². The van der Waals surface area contributed by atoms with Gasteiger partial charge in [-0.15, -0.1) is 0 Å². The minimum atomic E-state index is 0.484. The zero-order valence-corrected chi connectivity index (χ0v) is 14.4. The monoisotopic (exact) mass is 252 g/mol. The van der Waals surface area contributed by atoms with Gasteiger partial charge in [0.25, 0.3) is 0 Å². The molecular weight excluding hydrogens is 216 g/mol. The van der Waals surface area contributed by atoms with Gasteiger partial charge >= 0.3 is 0 Å². The minimum Gasteiger partial charge on any atom is -0.0654 e. The molecule has 0 bridgehead atoms. The molecule has 108 valence electrons. The van der Waals surface area contributed by atoms with Crippen molar-refractivity contribution in [1.29, 1.82) is 0 Å². The molecule has 1 fully saturated rings. The van der Waals surface area contributed by atoms with Crippen molar-refractivity contribution >= 4 is 0 Å². The summed E-state index contributed by atoms with van der Waals surface area (Å²) in [7, 11) is 0. The van der Waals surface area contributed by atoms with Gasteiger partial charge in [0, 0.05) is 0 Å². The van der Waals surface area contributed by atoms with Crippen molar-refractivity contribution in [2.24, 2.45) is 34.0 Å². The summed E-state index contributed by atoms with van der Waals surface area (Å²) in [4.78, 5) is 0. The second-order valence-corrected chi connectivity index (χ2v) is 8.48. The van der Waals surface area contributed by atoms with Crippen LogP contribution in [0.15, 0.2) is 0 Å². The van der Waals surface area contributed by atoms with Crippen LogP contribution in [0.1, 0.15) is 81.6 Å². The van der Waals surface area contributed by atoms with Crippen LogP contribution in [0.3, 0.4) is 0 Å². The predicted octanol–water partition coefficient (Wildman–Crippen LogP) is 6.16. The maximum Gasteiger partial charge on any atom is -0.0235 e. The van der Waals surface area contributed by atoms with E-state index in [1.54, 1.807) is 0 Å². The smallest absolute Gasteiger partial charge is 0.0235 e. The zero-order valence-electron chi connectivity index (χ0n) is 14.4. The van der Waals surface area contributed by atoms with Crippen molar-refractivity contribution in [3.8, 4) is 0 Å². The molecule has 0 nitrogen and oxygen atoms in total. The van der Waals surface area contributed by atoms with Crippen molar-refractivity contribution < 1.29 is 0 Å². The normalized spacial score (nSPS) is 35.7. The Labute approximate surface area is 116 Å². The quantitative estimate of drug-likeness (QED) is 0.531. The lowest BCUT2D eigenvalue weighted by molar-refractivity contribution is 0.0819. The number of rotatable bonds is 6. The van der Waals surface area contributed by atoms with Gasteiger partial charge in [0.2, 0.25) is 0 Å². The molecule has 0 heterocycles. The van der Waals surface area contributed by atoms with Crippen LogP contribution >= 0.6 is 0 Å². The van der Waals surface area contributed by atoms with E-state index in [2.05, 4.69) is 62.3 Å². The van der Waals surface area contributed by atoms with Gasteiger partial charge in [0.1, 0.15) is 0 Å². The highest BCUT2D eigenvalue weighted by Crippen LogP contribution is 2.72. The third-order valence-corrected chi connectivity index (χ3v) is 7.07. The van der Waals surface area contributed by atoms with E-state index < -0.39 is 0 Å². The number of hydrogen-bond donors (Lipinski definition) is 0. The van der Waals surface area contributed by atoms with Crippen molar-refractivity contribution in [2.75, 3.05) is 0 Å². The molecule has 0 N–H and O–H groups in total. The lowest BCUT2D eigenvalue weighted by Gasteiger charge is -2.41. The Balaban J connectivity index is 2.81. The highest BCUT2D eigenvalue weighted by atomic mass is 14.7. The second-order valence-electron chi connectivity index (χ2n) is 8.48. The molecule has 4 unspecified atom stereocenters. The van der Waals surface area contributed by atoms with Crippen LogP contribution in [0.4, 0.5) is 0 Å². The Morgan fingerprint density at radius 1 is 1.00 bits per heavy atom. The summed E-state index contributed by atoms with van der Waals surface area (Å²) in [6.07, 6.45) is 4.08. The van der Waals surface area contributed by atoms with Gasteiger partial charge in [-0.25, -0.2) is 0 Å². The van der Waals surface area contributed by atoms with Crippen LogP contribution in [0.2, 0.25) is 0 Å². The molecule has 1 rings (SSSR count). The van der Waals surface area contributed by atoms with E-state index in [-0.39, 0.29) is 0 Å². The van der Waals surface area contributed by atoms with Gasteiger partial charge in [-0.1, -0.05) is 68.7 Å². The van der Waals surface area contributed by atoms with Crippen molar-refractivity contribution in [1.82, 2.24) is 0 Å². The first-order valence-corrected chi connectivity index (χ1v) is 8.03. The predicted molar refractivity (Wildman–Crippen MR) is 82.7 cm³/mol. The fourth-order valence-electron chi connectivity index (χ4n) is 4.36. The summed E-state index contributed by atoms with van der Waals surface area (Å²) in [6.45, 7) is 22.1. The largest absolute Gasteiger partial charge is 0.0654 e. The van der Waals surface area contributed by atoms with Crippen molar-refractivity contribution in [2.45, 2.75) is 81.6 Å². The molecule has 1 saturated carbocycles. The highest BCUT2D eigenvalue weighted by molar-refractivity contribution is 5.14. The van der Waals surface area contributed by atoms with Crippen molar-refractivity contribution in [3.05, 3.63) is 0 Å². The third kappa shape index (κ3) is 2.37. The summed E-state index contributed by atoms with van der Waals surface area (Å²) in [6, 6.07) is 0. The van der Waals surface area contributed by atoms with E-state index in [1.807, 2.05) is 0 Å². The minimum absolute atomic E-state index is 0.484. The highest BCUT2D eigenvalue weighted by Gasteiger charge is 2.65. The molecule has 0 aromatic rings. The first-order chi connectivity index (χ1) is 8.03. The third-order valence-electron chi connectivity index (χ3n) is 7.07. The maximum absolute atomic E-state index is 2.54. The van der Waals surface area contributed by atoms with Gasteiger partial charge < -0.3 is 0 Å². The van der Waals surface area contributed by atoms with Gasteiger partial charge in [0.15, 0.2) is 0 Å². The molecule has 1 aliphatic carbocycles. The second kappa shape index (κ2) is 4.84. The molecule has 0 aliphatic heterocycles. The molecular formula is C18H36. The van der Waals surface area contributed by atoms with Crippen molar-refractivity contribution in [3.63, 3.8) is 0 Å². The summed E-state index contributed by atoms with van der Waals surface area (Å²) in [5.41, 5.74) is 1.62. The fraction of sp³-hybridized carbons (Fsp3) is 1.00. The van der Waals surface area contributed by atoms with E-state index in [0.717, 1.165) is 17.8 Å². The Kier molecular flexibility index (Phi) is 4.31. The van der Waals surface area contributed by atoms with E-state index in [4.69, 9.17) is 0 Å². The van der Waals surface area contributed by atoms with E-state index in [1.165, 1.54) is 19.3 Å². The Morgan fingerprint density at radius 3 is 1.83 bits per heavy atom. The lowest BCUT2D eigenvalue weighted by Crippen LogP contribution is -2.33. The van der Waals surface area contributed by atoms with E-state index in [9.17, 15) is 0 Å². The summed E-state index contributed by atoms with van der Waals surface area (Å²) in [5.74, 6) is 2.45. The van der Waals surface area contributed by atoms with Crippen LogP contribution < -0.4 is 0 Å². The zero-order chi connectivity index (χ0) is 14.4. The Bertz CT molecular complexity index is 288. The summed E-state index contributed by atoms with van der Waals surface area (Å²) in [5, 5.41) is 0. The van der Waals surface area contributed by atoms with Crippen LogP contribution in [0.5, 0.6) is 0 Å². The molecule has 0 heteroatoms. The molecule has 0 saturated heterocycles. The average molecular weight is 252 g/mol. The molecule has 18 heavy (non-hydrogen) atoms. The van der Waals surface area contributed by atoms with Gasteiger partial charge in [0.05, 0.1) is 0 Å². The Hall–Kier alpha value is 0. The summed E-state index contributed by atoms with van der Waals surface area (Å²) < 4.78 is 0. The van der Waals surface area contributed by atoms with Crippen LogP contribution in [0, 0.1) is 34.0 Å². The fourth-order valence-corrected chi connectivity index (χ4v) is 4.36. The molecule has 0 radical (unpaired) electrons. The molecule has 4 atom stereocenters. The number of hydrogen-bond acceptors (Lipinski definition) is 0.